The highest BCUT2D eigenvalue weighted by Gasteiger charge is 2.35. The van der Waals surface area contributed by atoms with Crippen molar-refractivity contribution in [3.05, 3.63) is 96.1 Å². The normalized spacial score (nSPS) is 22.1. The van der Waals surface area contributed by atoms with Gasteiger partial charge in [-0.2, -0.15) is 0 Å². The highest BCUT2D eigenvalue weighted by atomic mass is 16.2. The predicted molar refractivity (Wildman–Crippen MR) is 290 cm³/mol. The first kappa shape index (κ1) is 56.5. The van der Waals surface area contributed by atoms with Crippen molar-refractivity contribution >= 4 is 74.8 Å². The molecular formula is C55H75N13O7. The minimum absolute atomic E-state index is 0.00162. The van der Waals surface area contributed by atoms with E-state index in [0.717, 1.165) is 53.6 Å². The molecule has 4 aromatic carbocycles. The van der Waals surface area contributed by atoms with Crippen LogP contribution in [0.1, 0.15) is 95.6 Å². The van der Waals surface area contributed by atoms with Crippen molar-refractivity contribution < 1.29 is 33.6 Å². The van der Waals surface area contributed by atoms with Crippen LogP contribution < -0.4 is 60.2 Å². The maximum Gasteiger partial charge on any atom is 0.243 e. The number of amides is 7. The number of guanidine groups is 2. The molecule has 2 fully saturated rings. The Morgan fingerprint density at radius 3 is 1.43 bits per heavy atom. The van der Waals surface area contributed by atoms with Crippen LogP contribution in [0, 0.1) is 11.8 Å². The van der Waals surface area contributed by atoms with E-state index >= 15 is 0 Å². The van der Waals surface area contributed by atoms with Gasteiger partial charge in [0.25, 0.3) is 0 Å². The van der Waals surface area contributed by atoms with Crippen molar-refractivity contribution in [3.63, 3.8) is 0 Å². The van der Waals surface area contributed by atoms with Crippen LogP contribution in [-0.4, -0.2) is 109 Å². The molecule has 7 amide bonds. The number of rotatable bonds is 16. The van der Waals surface area contributed by atoms with Gasteiger partial charge in [0.15, 0.2) is 11.9 Å². The number of nitrogens with zero attached hydrogens (tertiary/aromatic N) is 2. The summed E-state index contributed by atoms with van der Waals surface area (Å²) in [4.78, 5) is 110. The number of carbonyl (C=O) groups excluding carboxylic acids is 7. The van der Waals surface area contributed by atoms with E-state index < -0.39 is 84.1 Å². The number of benzene rings is 4. The van der Waals surface area contributed by atoms with Crippen molar-refractivity contribution in [1.29, 1.82) is 0 Å². The van der Waals surface area contributed by atoms with E-state index in [4.69, 9.17) is 22.9 Å². The van der Waals surface area contributed by atoms with Gasteiger partial charge in [-0.3, -0.25) is 43.5 Å². The molecule has 15 N–H and O–H groups in total. The van der Waals surface area contributed by atoms with Gasteiger partial charge in [-0.05, 0) is 83.0 Å². The van der Waals surface area contributed by atoms with E-state index in [1.165, 1.54) is 0 Å². The summed E-state index contributed by atoms with van der Waals surface area (Å²) < 4.78 is 0. The average molecular weight is 1030 g/mol. The Balaban J connectivity index is 1.41. The molecule has 75 heavy (non-hydrogen) atoms. The number of fused-ring (bicyclic) bond motifs is 2. The minimum atomic E-state index is -1.27. The van der Waals surface area contributed by atoms with Gasteiger partial charge in [0, 0.05) is 25.9 Å². The molecule has 20 nitrogen and oxygen atoms in total. The standard InChI is InChI=1S/C55H75N13O7/c1-33(2)26-43-51(73)64-42(19-11-25-61-55(58)59)50(72)67-46(31-36-21-23-38-15-7-9-17-40(38)28-36)53(75)68-45(29-34-12-4-3-5-13-34)52(74)65-41(18-10-24-60-54(56)57)49(71)66-44(48(70)62-32-47(69)63-43)30-35-20-22-37-14-6-8-16-39(37)27-35/h6-9,14-17,20-23,27-28,33-34,41-46H,3-5,10-13,18-19,24-26,29-32H2,1-2H3,(H,62,70)(H,63,69)(H,64,73)(H,65,74)(H,66,71)(H,67,72)(H,68,75)(H4,56,57,60)(H4,58,59,61)/t41-,42-,43-,44-,45-,46-/m0/s1. The Kier molecular flexibility index (Phi) is 21.1. The molecular weight excluding hydrogens is 955 g/mol. The summed E-state index contributed by atoms with van der Waals surface area (Å²) in [5.74, 6) is -5.17. The van der Waals surface area contributed by atoms with Gasteiger partial charge >= 0.3 is 0 Å². The summed E-state index contributed by atoms with van der Waals surface area (Å²) in [6.07, 6.45) is 5.53. The van der Waals surface area contributed by atoms with Crippen LogP contribution in [0.25, 0.3) is 21.5 Å². The average Bonchev–Trinajstić information content (AvgIpc) is 3.38. The second kappa shape index (κ2) is 28.1. The van der Waals surface area contributed by atoms with Gasteiger partial charge in [0.2, 0.25) is 41.4 Å². The lowest BCUT2D eigenvalue weighted by molar-refractivity contribution is -0.135. The molecule has 6 atom stereocenters. The van der Waals surface area contributed by atoms with Gasteiger partial charge < -0.3 is 60.2 Å². The predicted octanol–water partition coefficient (Wildman–Crippen LogP) is 1.94. The van der Waals surface area contributed by atoms with E-state index in [2.05, 4.69) is 47.2 Å². The molecule has 402 valence electrons. The first-order chi connectivity index (χ1) is 36.0. The molecule has 1 aliphatic carbocycles. The summed E-state index contributed by atoms with van der Waals surface area (Å²) >= 11 is 0. The van der Waals surface area contributed by atoms with E-state index in [1.54, 1.807) is 0 Å². The van der Waals surface area contributed by atoms with Gasteiger partial charge in [-0.1, -0.05) is 131 Å². The number of hydrogen-bond acceptors (Lipinski definition) is 9. The monoisotopic (exact) mass is 1030 g/mol. The molecule has 0 bridgehead atoms. The van der Waals surface area contributed by atoms with Crippen molar-refractivity contribution in [2.75, 3.05) is 19.6 Å². The first-order valence-electron chi connectivity index (χ1n) is 26.2. The lowest BCUT2D eigenvalue weighted by Gasteiger charge is -2.30. The Bertz CT molecular complexity index is 2700. The number of nitrogens with one attached hydrogen (secondary N) is 7. The van der Waals surface area contributed by atoms with E-state index in [-0.39, 0.29) is 88.2 Å². The second-order valence-electron chi connectivity index (χ2n) is 20.2. The molecule has 4 aromatic rings. The fraction of sp³-hybridized carbons (Fsp3) is 0.473. The van der Waals surface area contributed by atoms with E-state index in [9.17, 15) is 33.6 Å². The van der Waals surface area contributed by atoms with Crippen LogP contribution in [0.5, 0.6) is 0 Å². The molecule has 0 spiro atoms. The quantitative estimate of drug-likeness (QED) is 0.0438. The summed E-state index contributed by atoms with van der Waals surface area (Å²) in [6.45, 7) is 3.42. The Hall–Kier alpha value is -7.77. The molecule has 0 aromatic heterocycles. The molecule has 1 saturated carbocycles. The van der Waals surface area contributed by atoms with Crippen molar-refractivity contribution in [2.24, 2.45) is 44.8 Å². The minimum Gasteiger partial charge on any atom is -0.370 e. The lowest BCUT2D eigenvalue weighted by Crippen LogP contribution is -2.60. The third-order valence-electron chi connectivity index (χ3n) is 13.6. The summed E-state index contributed by atoms with van der Waals surface area (Å²) in [6, 6.07) is 19.4. The highest BCUT2D eigenvalue weighted by Crippen LogP contribution is 2.28. The summed E-state index contributed by atoms with van der Waals surface area (Å²) in [5, 5.41) is 23.6. The Labute approximate surface area is 438 Å². The van der Waals surface area contributed by atoms with Crippen LogP contribution >= 0.6 is 0 Å². The third-order valence-corrected chi connectivity index (χ3v) is 13.6. The molecule has 20 heteroatoms. The molecule has 1 saturated heterocycles. The lowest BCUT2D eigenvalue weighted by atomic mass is 9.84. The largest absolute Gasteiger partial charge is 0.370 e. The van der Waals surface area contributed by atoms with Crippen LogP contribution in [0.2, 0.25) is 0 Å². The number of nitrogens with two attached hydrogens (primary N) is 4. The van der Waals surface area contributed by atoms with Crippen LogP contribution in [0.4, 0.5) is 0 Å². The van der Waals surface area contributed by atoms with E-state index in [1.807, 2.05) is 98.8 Å². The summed E-state index contributed by atoms with van der Waals surface area (Å²) in [7, 11) is 0. The van der Waals surface area contributed by atoms with Crippen LogP contribution in [0.3, 0.4) is 0 Å². The Morgan fingerprint density at radius 2 is 0.933 bits per heavy atom. The van der Waals surface area contributed by atoms with Crippen LogP contribution in [-0.2, 0) is 46.4 Å². The van der Waals surface area contributed by atoms with Crippen molar-refractivity contribution in [2.45, 2.75) is 134 Å². The number of carbonyl (C=O) groups is 7. The number of aliphatic imine (C=N–C) groups is 2. The zero-order valence-corrected chi connectivity index (χ0v) is 43.1. The summed E-state index contributed by atoms with van der Waals surface area (Å²) in [5.41, 5.74) is 23.9. The maximum absolute atomic E-state index is 15.0. The maximum atomic E-state index is 15.0. The SMILES string of the molecule is CC(C)C[C@@H]1NC(=O)CNC(=O)[C@H](Cc2ccc3ccccc3c2)NC(=O)[C@H](CCCN=C(N)N)NC(=O)[C@H](CC2CCCCC2)NC(=O)[C@H](Cc2ccc3ccccc3c2)NC(=O)[C@H](CCCN=C(N)N)NC1=O. The molecule has 1 heterocycles. The van der Waals surface area contributed by atoms with E-state index in [0.29, 0.717) is 11.1 Å². The molecule has 2 aliphatic rings. The molecule has 6 rings (SSSR count). The molecule has 1 aliphatic heterocycles. The molecule has 0 unspecified atom stereocenters. The zero-order valence-electron chi connectivity index (χ0n) is 43.1. The van der Waals surface area contributed by atoms with Gasteiger partial charge in [-0.15, -0.1) is 0 Å². The van der Waals surface area contributed by atoms with Crippen molar-refractivity contribution in [1.82, 2.24) is 37.2 Å². The first-order valence-corrected chi connectivity index (χ1v) is 26.2. The number of hydrogen-bond donors (Lipinski definition) is 11. The highest BCUT2D eigenvalue weighted by molar-refractivity contribution is 5.98. The second-order valence-corrected chi connectivity index (χ2v) is 20.2. The van der Waals surface area contributed by atoms with Gasteiger partial charge in [0.1, 0.15) is 36.3 Å². The topological polar surface area (TPSA) is 332 Å². The smallest absolute Gasteiger partial charge is 0.243 e. The third kappa shape index (κ3) is 18.0. The van der Waals surface area contributed by atoms with Gasteiger partial charge in [-0.25, -0.2) is 0 Å². The molecule has 0 radical (unpaired) electrons. The van der Waals surface area contributed by atoms with Crippen molar-refractivity contribution in [3.8, 4) is 0 Å². The fourth-order valence-electron chi connectivity index (χ4n) is 9.75. The fourth-order valence-corrected chi connectivity index (χ4v) is 9.75. The zero-order chi connectivity index (χ0) is 53.9. The van der Waals surface area contributed by atoms with Gasteiger partial charge in [0.05, 0.1) is 6.54 Å². The van der Waals surface area contributed by atoms with Crippen LogP contribution in [0.15, 0.2) is 94.9 Å². The Morgan fingerprint density at radius 1 is 0.507 bits per heavy atom.